The molecule has 0 fully saturated rings. The molecule has 0 radical (unpaired) electrons. The normalized spacial score (nSPS) is 12.7. The molecular formula is C70H133NO5. The average Bonchev–Trinajstić information content (AvgIpc) is 3.42. The van der Waals surface area contributed by atoms with Gasteiger partial charge in [-0.3, -0.25) is 9.59 Å². The van der Waals surface area contributed by atoms with Gasteiger partial charge in [0.1, 0.15) is 0 Å². The number of carbonyl (C=O) groups is 2. The Bertz CT molecular complexity index is 1230. The first-order valence-electron chi connectivity index (χ1n) is 34.3. The highest BCUT2D eigenvalue weighted by Gasteiger charge is 2.18. The fourth-order valence-electron chi connectivity index (χ4n) is 10.6. The Morgan fingerprint density at radius 1 is 0.355 bits per heavy atom. The molecule has 3 N–H and O–H groups in total. The maximum absolute atomic E-state index is 12.5. The summed E-state index contributed by atoms with van der Waals surface area (Å²) in [5, 5.41) is 23.2. The van der Waals surface area contributed by atoms with Crippen molar-refractivity contribution in [3.63, 3.8) is 0 Å². The number of ether oxygens (including phenoxy) is 1. The van der Waals surface area contributed by atoms with Crippen LogP contribution in [0.3, 0.4) is 0 Å². The van der Waals surface area contributed by atoms with Crippen molar-refractivity contribution in [2.75, 3.05) is 13.2 Å². The summed E-state index contributed by atoms with van der Waals surface area (Å²) in [5.74, 6) is -0.0569. The maximum Gasteiger partial charge on any atom is 0.305 e. The maximum atomic E-state index is 12.5. The predicted octanol–water partition coefficient (Wildman–Crippen LogP) is 21.9. The van der Waals surface area contributed by atoms with Crippen LogP contribution in [0.2, 0.25) is 0 Å². The van der Waals surface area contributed by atoms with Crippen LogP contribution in [0.5, 0.6) is 0 Å². The van der Waals surface area contributed by atoms with Crippen molar-refractivity contribution in [2.45, 2.75) is 386 Å². The Hall–Kier alpha value is -1.92. The Morgan fingerprint density at radius 3 is 0.974 bits per heavy atom. The lowest BCUT2D eigenvalue weighted by molar-refractivity contribution is -0.143. The highest BCUT2D eigenvalue weighted by Crippen LogP contribution is 2.18. The van der Waals surface area contributed by atoms with E-state index in [4.69, 9.17) is 4.74 Å². The monoisotopic (exact) mass is 1070 g/mol. The van der Waals surface area contributed by atoms with Crippen molar-refractivity contribution < 1.29 is 24.5 Å². The number of aliphatic hydroxyl groups excluding tert-OH is 2. The summed E-state index contributed by atoms with van der Waals surface area (Å²) >= 11 is 0. The summed E-state index contributed by atoms with van der Waals surface area (Å²) in [6.07, 6.45) is 83.6. The van der Waals surface area contributed by atoms with Gasteiger partial charge in [0.25, 0.3) is 0 Å². The highest BCUT2D eigenvalue weighted by atomic mass is 16.5. The van der Waals surface area contributed by atoms with Crippen molar-refractivity contribution in [1.82, 2.24) is 5.32 Å². The summed E-state index contributed by atoms with van der Waals surface area (Å²) in [5.41, 5.74) is 0. The van der Waals surface area contributed by atoms with Crippen molar-refractivity contribution in [1.29, 1.82) is 0 Å². The van der Waals surface area contributed by atoms with Crippen molar-refractivity contribution >= 4 is 11.9 Å². The molecule has 0 aliphatic carbocycles. The molecule has 0 aliphatic rings. The predicted molar refractivity (Wildman–Crippen MR) is 333 cm³/mol. The minimum absolute atomic E-state index is 0.00638. The van der Waals surface area contributed by atoms with Crippen molar-refractivity contribution in [2.24, 2.45) is 0 Å². The first-order valence-corrected chi connectivity index (χ1v) is 34.3. The Morgan fingerprint density at radius 2 is 0.632 bits per heavy atom. The molecule has 0 rings (SSSR count). The molecule has 0 aliphatic heterocycles. The first-order chi connectivity index (χ1) is 37.5. The number of allylic oxidation sites excluding steroid dienone is 5. The Labute approximate surface area is 474 Å². The second kappa shape index (κ2) is 65.6. The van der Waals surface area contributed by atoms with Crippen LogP contribution >= 0.6 is 0 Å². The molecule has 6 heteroatoms. The highest BCUT2D eigenvalue weighted by molar-refractivity contribution is 5.76. The van der Waals surface area contributed by atoms with Gasteiger partial charge in [-0.15, -0.1) is 0 Å². The second-order valence-corrected chi connectivity index (χ2v) is 23.5. The topological polar surface area (TPSA) is 95.9 Å². The molecule has 0 aromatic heterocycles. The van der Waals surface area contributed by atoms with E-state index in [0.717, 1.165) is 44.9 Å². The van der Waals surface area contributed by atoms with E-state index >= 15 is 0 Å². The summed E-state index contributed by atoms with van der Waals surface area (Å²) in [4.78, 5) is 24.5. The second-order valence-electron chi connectivity index (χ2n) is 23.5. The number of aliphatic hydroxyl groups is 2. The van der Waals surface area contributed by atoms with Crippen molar-refractivity contribution in [3.8, 4) is 0 Å². The Kier molecular flexibility index (Phi) is 63.9. The zero-order valence-corrected chi connectivity index (χ0v) is 51.3. The molecule has 448 valence electrons. The minimum Gasteiger partial charge on any atom is -0.466 e. The molecule has 0 saturated carbocycles. The number of nitrogens with one attached hydrogen (secondary N) is 1. The average molecular weight is 1070 g/mol. The molecule has 76 heavy (non-hydrogen) atoms. The van der Waals surface area contributed by atoms with Crippen LogP contribution in [0.1, 0.15) is 373 Å². The fraction of sp³-hybridized carbons (Fsp3) is 0.886. The molecule has 0 aromatic rings. The summed E-state index contributed by atoms with van der Waals surface area (Å²) in [6, 6.07) is -0.626. The number of esters is 1. The Balaban J connectivity index is 3.39. The van der Waals surface area contributed by atoms with Gasteiger partial charge in [-0.1, -0.05) is 320 Å². The smallest absolute Gasteiger partial charge is 0.305 e. The van der Waals surface area contributed by atoms with E-state index in [1.807, 2.05) is 6.08 Å². The van der Waals surface area contributed by atoms with Gasteiger partial charge in [-0.2, -0.15) is 0 Å². The lowest BCUT2D eigenvalue weighted by Crippen LogP contribution is -2.45. The number of hydrogen-bond donors (Lipinski definition) is 3. The number of rotatable bonds is 64. The SMILES string of the molecule is CCCC/C=C\CCCCCCCC(=O)OCCCCCCCCCCCCCC/C=C\CCCCCCCCCCCCCCCCCC(=O)NC(CO)C(O)/C=C/CCCCCCCCCCCCCCCCC. The van der Waals surface area contributed by atoms with Crippen LogP contribution in [0.25, 0.3) is 0 Å². The van der Waals surface area contributed by atoms with Gasteiger partial charge < -0.3 is 20.3 Å². The largest absolute Gasteiger partial charge is 0.466 e. The molecule has 0 aromatic carbocycles. The summed E-state index contributed by atoms with van der Waals surface area (Å²) in [7, 11) is 0. The van der Waals surface area contributed by atoms with E-state index in [2.05, 4.69) is 43.5 Å². The van der Waals surface area contributed by atoms with Gasteiger partial charge in [0.05, 0.1) is 25.4 Å². The van der Waals surface area contributed by atoms with E-state index in [9.17, 15) is 19.8 Å². The van der Waals surface area contributed by atoms with Crippen LogP contribution in [-0.4, -0.2) is 47.4 Å². The zero-order chi connectivity index (χ0) is 55.0. The van der Waals surface area contributed by atoms with E-state index in [-0.39, 0.29) is 18.5 Å². The molecular weight excluding hydrogens is 935 g/mol. The zero-order valence-electron chi connectivity index (χ0n) is 51.3. The molecule has 0 spiro atoms. The number of unbranched alkanes of at least 4 members (excludes halogenated alkanes) is 49. The van der Waals surface area contributed by atoms with E-state index < -0.39 is 12.1 Å². The van der Waals surface area contributed by atoms with Gasteiger partial charge in [0.2, 0.25) is 5.91 Å². The lowest BCUT2D eigenvalue weighted by atomic mass is 10.0. The van der Waals surface area contributed by atoms with Crippen LogP contribution in [0.15, 0.2) is 36.5 Å². The third-order valence-corrected chi connectivity index (χ3v) is 15.9. The minimum atomic E-state index is -0.843. The first kappa shape index (κ1) is 74.1. The summed E-state index contributed by atoms with van der Waals surface area (Å²) < 4.78 is 5.46. The van der Waals surface area contributed by atoms with Crippen LogP contribution < -0.4 is 5.32 Å². The number of carbonyl (C=O) groups excluding carboxylic acids is 2. The molecule has 0 bridgehead atoms. The van der Waals surface area contributed by atoms with Crippen LogP contribution in [-0.2, 0) is 14.3 Å². The molecule has 2 atom stereocenters. The van der Waals surface area contributed by atoms with E-state index in [1.54, 1.807) is 6.08 Å². The van der Waals surface area contributed by atoms with E-state index in [1.165, 1.54) is 302 Å². The van der Waals surface area contributed by atoms with Crippen molar-refractivity contribution in [3.05, 3.63) is 36.5 Å². The molecule has 0 saturated heterocycles. The third kappa shape index (κ3) is 61.3. The third-order valence-electron chi connectivity index (χ3n) is 15.9. The van der Waals surface area contributed by atoms with Gasteiger partial charge in [0.15, 0.2) is 0 Å². The molecule has 1 amide bonds. The van der Waals surface area contributed by atoms with Gasteiger partial charge in [-0.25, -0.2) is 0 Å². The summed E-state index contributed by atoms with van der Waals surface area (Å²) in [6.45, 7) is 4.89. The molecule has 6 nitrogen and oxygen atoms in total. The van der Waals surface area contributed by atoms with Crippen LogP contribution in [0, 0.1) is 0 Å². The quantitative estimate of drug-likeness (QED) is 0.0320. The van der Waals surface area contributed by atoms with Crippen LogP contribution in [0.4, 0.5) is 0 Å². The van der Waals surface area contributed by atoms with Gasteiger partial charge in [-0.05, 0) is 77.0 Å². The van der Waals surface area contributed by atoms with Gasteiger partial charge in [0, 0.05) is 12.8 Å². The number of hydrogen-bond acceptors (Lipinski definition) is 5. The molecule has 0 heterocycles. The standard InChI is InChI=1S/C70H133NO5/c1-3-5-7-9-11-13-15-16-17-33-36-39-43-46-50-54-58-62-68(73)67(66-72)71-69(74)63-59-55-51-47-44-40-37-34-31-29-27-25-23-21-19-18-20-22-24-26-28-30-32-35-38-41-45-49-53-57-61-65-76-70(75)64-60-56-52-48-42-14-12-10-8-6-4-2/h10,12,20,22,58,62,67-68,72-73H,3-9,11,13-19,21,23-57,59-61,63-66H2,1-2H3,(H,71,74)/b12-10-,22-20-,62-58+. The van der Waals surface area contributed by atoms with Gasteiger partial charge >= 0.3 is 5.97 Å². The lowest BCUT2D eigenvalue weighted by Gasteiger charge is -2.20. The fourth-order valence-corrected chi connectivity index (χ4v) is 10.6. The number of amides is 1. The van der Waals surface area contributed by atoms with E-state index in [0.29, 0.717) is 19.4 Å². The molecule has 2 unspecified atom stereocenters.